The number of hydrogen-bond acceptors (Lipinski definition) is 8. The number of nitrogens with zero attached hydrogens (tertiary/aromatic N) is 1. The summed E-state index contributed by atoms with van der Waals surface area (Å²) in [6, 6.07) is 13.6. The second-order valence-electron chi connectivity index (χ2n) is 7.21. The average Bonchev–Trinajstić information content (AvgIpc) is 3.55. The van der Waals surface area contributed by atoms with Crippen LogP contribution in [0.2, 0.25) is 5.02 Å². The van der Waals surface area contributed by atoms with Gasteiger partial charge in [-0.1, -0.05) is 29.8 Å². The van der Waals surface area contributed by atoms with Crippen LogP contribution in [0.4, 0.5) is 15.8 Å². The zero-order valence-electron chi connectivity index (χ0n) is 18.4. The average molecular weight is 599 g/mol. The van der Waals surface area contributed by atoms with Crippen LogP contribution in [-0.2, 0) is 20.0 Å². The van der Waals surface area contributed by atoms with Crippen LogP contribution in [0, 0.1) is 5.82 Å². The van der Waals surface area contributed by atoms with Gasteiger partial charge in [-0.2, -0.15) is 5.10 Å². The summed E-state index contributed by atoms with van der Waals surface area (Å²) in [5.41, 5.74) is 1.85. The van der Waals surface area contributed by atoms with E-state index in [2.05, 4.69) is 20.0 Å². The first-order chi connectivity index (χ1) is 17.5. The number of rotatable bonds is 9. The second-order valence-corrected chi connectivity index (χ2v) is 13.3. The van der Waals surface area contributed by atoms with Crippen molar-refractivity contribution in [2.24, 2.45) is 5.10 Å². The van der Waals surface area contributed by atoms with Crippen molar-refractivity contribution in [2.45, 2.75) is 8.42 Å². The van der Waals surface area contributed by atoms with Crippen molar-refractivity contribution >= 4 is 77.8 Å². The molecule has 0 aliphatic rings. The van der Waals surface area contributed by atoms with Gasteiger partial charge in [-0.15, -0.1) is 22.7 Å². The number of halogens is 2. The third kappa shape index (κ3) is 6.53. The molecular weight excluding hydrogens is 583 g/mol. The molecule has 9 nitrogen and oxygen atoms in total. The lowest BCUT2D eigenvalue weighted by Gasteiger charge is -2.12. The Balaban J connectivity index is 1.65. The van der Waals surface area contributed by atoms with Gasteiger partial charge in [-0.3, -0.25) is 14.2 Å². The Labute approximate surface area is 224 Å². The number of sulfonamides is 2. The molecule has 0 saturated carbocycles. The topological polar surface area (TPSA) is 134 Å². The number of benzene rings is 2. The first-order valence-electron chi connectivity index (χ1n) is 10.1. The molecule has 0 atom stereocenters. The predicted octanol–water partition coefficient (Wildman–Crippen LogP) is 4.97. The SMILES string of the molecule is O=C(N/N=C\c1c(F)cccc1Cl)c1cc(NS(=O)(=O)c2cccs2)cc(NS(=O)(=O)c2cccs2)c1. The number of carbonyl (C=O) groups excluding carboxylic acids is 1. The van der Waals surface area contributed by atoms with Gasteiger partial charge in [0.2, 0.25) is 0 Å². The van der Waals surface area contributed by atoms with Gasteiger partial charge in [0.25, 0.3) is 26.0 Å². The Morgan fingerprint density at radius 3 is 1.92 bits per heavy atom. The summed E-state index contributed by atoms with van der Waals surface area (Å²) in [7, 11) is -8.01. The Bertz CT molecular complexity index is 1570. The molecule has 4 rings (SSSR count). The van der Waals surface area contributed by atoms with Crippen LogP contribution in [0.3, 0.4) is 0 Å². The molecule has 2 aromatic carbocycles. The van der Waals surface area contributed by atoms with Crippen molar-refractivity contribution in [1.82, 2.24) is 5.43 Å². The minimum absolute atomic E-state index is 0.0226. The number of hydrazone groups is 1. The van der Waals surface area contributed by atoms with Gasteiger partial charge in [-0.25, -0.2) is 26.7 Å². The summed E-state index contributed by atoms with van der Waals surface area (Å²) in [5.74, 6) is -1.47. The van der Waals surface area contributed by atoms with Gasteiger partial charge in [-0.05, 0) is 53.2 Å². The summed E-state index contributed by atoms with van der Waals surface area (Å²) < 4.78 is 69.5. The molecule has 0 unspecified atom stereocenters. The van der Waals surface area contributed by atoms with Crippen LogP contribution in [0.1, 0.15) is 15.9 Å². The molecule has 4 aromatic rings. The fourth-order valence-electron chi connectivity index (χ4n) is 2.97. The summed E-state index contributed by atoms with van der Waals surface area (Å²) >= 11 is 7.90. The zero-order chi connectivity index (χ0) is 26.6. The fourth-order valence-corrected chi connectivity index (χ4v) is 7.25. The van der Waals surface area contributed by atoms with Gasteiger partial charge in [0.05, 0.1) is 22.6 Å². The molecule has 0 aliphatic heterocycles. The second kappa shape index (κ2) is 11.0. The van der Waals surface area contributed by atoms with E-state index in [1.165, 1.54) is 48.5 Å². The third-order valence-corrected chi connectivity index (χ3v) is 10.5. The molecule has 2 heterocycles. The summed E-state index contributed by atoms with van der Waals surface area (Å²) in [6.45, 7) is 0. The maximum Gasteiger partial charge on any atom is 0.271 e. The molecule has 3 N–H and O–H groups in total. The Morgan fingerprint density at radius 1 is 0.865 bits per heavy atom. The van der Waals surface area contributed by atoms with Crippen LogP contribution in [-0.4, -0.2) is 29.0 Å². The first kappa shape index (κ1) is 26.8. The summed E-state index contributed by atoms with van der Waals surface area (Å²) in [5, 5.41) is 6.95. The van der Waals surface area contributed by atoms with Crippen molar-refractivity contribution in [3.63, 3.8) is 0 Å². The van der Waals surface area contributed by atoms with Crippen molar-refractivity contribution in [3.05, 3.63) is 93.4 Å². The van der Waals surface area contributed by atoms with Crippen LogP contribution in [0.25, 0.3) is 0 Å². The van der Waals surface area contributed by atoms with Crippen LogP contribution >= 0.6 is 34.3 Å². The maximum absolute atomic E-state index is 13.9. The zero-order valence-corrected chi connectivity index (χ0v) is 22.4. The Morgan fingerprint density at radius 2 is 1.43 bits per heavy atom. The van der Waals surface area contributed by atoms with E-state index in [1.807, 2.05) is 0 Å². The lowest BCUT2D eigenvalue weighted by molar-refractivity contribution is 0.0955. The molecule has 0 bridgehead atoms. The van der Waals surface area contributed by atoms with Crippen molar-refractivity contribution in [2.75, 3.05) is 9.44 Å². The van der Waals surface area contributed by atoms with E-state index in [0.29, 0.717) is 0 Å². The predicted molar refractivity (Wildman–Crippen MR) is 143 cm³/mol. The van der Waals surface area contributed by atoms with Crippen LogP contribution in [0.15, 0.2) is 84.9 Å². The minimum atomic E-state index is -4.00. The highest BCUT2D eigenvalue weighted by Gasteiger charge is 2.20. The van der Waals surface area contributed by atoms with Crippen LogP contribution in [0.5, 0.6) is 0 Å². The number of thiophene rings is 2. The molecule has 0 aliphatic carbocycles. The normalized spacial score (nSPS) is 11.9. The minimum Gasteiger partial charge on any atom is -0.279 e. The van der Waals surface area contributed by atoms with E-state index >= 15 is 0 Å². The molecule has 1 amide bonds. The number of nitrogens with one attached hydrogen (secondary N) is 3. The maximum atomic E-state index is 13.9. The van der Waals surface area contributed by atoms with E-state index in [1.54, 1.807) is 22.9 Å². The molecule has 2 aromatic heterocycles. The van der Waals surface area contributed by atoms with Crippen molar-refractivity contribution < 1.29 is 26.0 Å². The van der Waals surface area contributed by atoms with Gasteiger partial charge in [0, 0.05) is 11.1 Å². The molecule has 15 heteroatoms. The Hall–Kier alpha value is -3.30. The highest BCUT2D eigenvalue weighted by molar-refractivity contribution is 7.95. The van der Waals surface area contributed by atoms with Gasteiger partial charge in [0.1, 0.15) is 14.2 Å². The van der Waals surface area contributed by atoms with Gasteiger partial charge in [0.15, 0.2) is 0 Å². The standard InChI is InChI=1S/C22H16ClFN4O5S4/c23-18-4-1-5-19(24)17(18)13-25-26-22(29)14-10-15(27-36(30,31)20-6-2-8-34-20)12-16(11-14)28-37(32,33)21-7-3-9-35-21/h1-13,27-28H,(H,26,29)/b25-13-. The number of carbonyl (C=O) groups is 1. The van der Waals surface area contributed by atoms with E-state index in [-0.39, 0.29) is 35.9 Å². The smallest absolute Gasteiger partial charge is 0.271 e. The van der Waals surface area contributed by atoms with E-state index in [9.17, 15) is 26.0 Å². The highest BCUT2D eigenvalue weighted by Crippen LogP contribution is 2.27. The molecular formula is C22H16ClFN4O5S4. The fraction of sp³-hybridized carbons (Fsp3) is 0. The molecule has 37 heavy (non-hydrogen) atoms. The lowest BCUT2D eigenvalue weighted by Crippen LogP contribution is -2.20. The van der Waals surface area contributed by atoms with Gasteiger partial charge < -0.3 is 0 Å². The van der Waals surface area contributed by atoms with Crippen molar-refractivity contribution in [1.29, 1.82) is 0 Å². The van der Waals surface area contributed by atoms with Crippen molar-refractivity contribution in [3.8, 4) is 0 Å². The van der Waals surface area contributed by atoms with Crippen LogP contribution < -0.4 is 14.9 Å². The molecule has 192 valence electrons. The van der Waals surface area contributed by atoms with E-state index in [4.69, 9.17) is 11.6 Å². The summed E-state index contributed by atoms with van der Waals surface area (Å²) in [4.78, 5) is 12.8. The molecule has 0 radical (unpaired) electrons. The Kier molecular flexibility index (Phi) is 7.94. The van der Waals surface area contributed by atoms with E-state index < -0.39 is 31.8 Å². The van der Waals surface area contributed by atoms with E-state index in [0.717, 1.165) is 28.9 Å². The number of amides is 1. The lowest BCUT2D eigenvalue weighted by atomic mass is 10.1. The van der Waals surface area contributed by atoms with Gasteiger partial charge >= 0.3 is 0 Å². The number of anilines is 2. The largest absolute Gasteiger partial charge is 0.279 e. The third-order valence-electron chi connectivity index (χ3n) is 4.58. The first-order valence-corrected chi connectivity index (χ1v) is 15.2. The quantitative estimate of drug-likeness (QED) is 0.185. The molecule has 0 saturated heterocycles. The number of hydrogen-bond donors (Lipinski definition) is 3. The highest BCUT2D eigenvalue weighted by atomic mass is 35.5. The summed E-state index contributed by atoms with van der Waals surface area (Å²) in [6.07, 6.45) is 1.01. The molecule has 0 spiro atoms. The molecule has 0 fully saturated rings. The monoisotopic (exact) mass is 598 g/mol.